The summed E-state index contributed by atoms with van der Waals surface area (Å²) in [4.78, 5) is 37.6. The molecule has 2 unspecified atom stereocenters. The minimum Gasteiger partial charge on any atom is -0.481 e. The summed E-state index contributed by atoms with van der Waals surface area (Å²) in [5, 5.41) is 12.3. The van der Waals surface area contributed by atoms with E-state index in [9.17, 15) is 19.5 Å². The van der Waals surface area contributed by atoms with E-state index in [1.165, 1.54) is 6.92 Å². The number of anilines is 1. The van der Waals surface area contributed by atoms with Crippen LogP contribution in [0, 0.1) is 5.92 Å². The fourth-order valence-electron chi connectivity index (χ4n) is 3.39. The lowest BCUT2D eigenvalue weighted by Crippen LogP contribution is -2.35. The zero-order valence-electron chi connectivity index (χ0n) is 15.3. The van der Waals surface area contributed by atoms with Crippen LogP contribution in [0.5, 0.6) is 0 Å². The molecule has 0 saturated heterocycles. The Balaban J connectivity index is 1.84. The molecule has 1 heterocycles. The molecule has 3 rings (SSSR count). The molecule has 0 radical (unpaired) electrons. The minimum absolute atomic E-state index is 0.0228. The number of rotatable bonds is 5. The first kappa shape index (κ1) is 18.6. The van der Waals surface area contributed by atoms with E-state index in [-0.39, 0.29) is 11.8 Å². The van der Waals surface area contributed by atoms with Gasteiger partial charge in [-0.2, -0.15) is 0 Å². The topological polar surface area (TPSA) is 86.7 Å². The Hall–Kier alpha value is -3.15. The van der Waals surface area contributed by atoms with Gasteiger partial charge in [-0.25, -0.2) is 0 Å². The molecule has 0 spiro atoms. The molecule has 6 nitrogen and oxygen atoms in total. The zero-order chi connectivity index (χ0) is 19.6. The van der Waals surface area contributed by atoms with Gasteiger partial charge in [-0.15, -0.1) is 0 Å². The van der Waals surface area contributed by atoms with Crippen LogP contribution in [0.3, 0.4) is 0 Å². The fraction of sp³-hybridized carbons (Fsp3) is 0.286. The molecule has 2 amide bonds. The molecule has 2 atom stereocenters. The molecular weight excluding hydrogens is 344 g/mol. The van der Waals surface area contributed by atoms with Crippen LogP contribution in [0.2, 0.25) is 0 Å². The monoisotopic (exact) mass is 366 g/mol. The van der Waals surface area contributed by atoms with Crippen molar-refractivity contribution in [3.05, 3.63) is 65.2 Å². The van der Waals surface area contributed by atoms with Crippen LogP contribution in [-0.4, -0.2) is 29.4 Å². The Bertz CT molecular complexity index is 879. The standard InChI is InChI=1S/C21H22N2O4/c1-13(21(26)27)19(15-6-4-3-5-7-15)22-20(25)17-8-9-18-16(12-17)10-11-23(18)14(2)24/h3-9,12-13,19H,10-11H2,1-2H3,(H,22,25)(H,26,27). The van der Waals surface area contributed by atoms with Gasteiger partial charge >= 0.3 is 5.97 Å². The van der Waals surface area contributed by atoms with Gasteiger partial charge in [0.2, 0.25) is 5.91 Å². The van der Waals surface area contributed by atoms with E-state index in [1.807, 2.05) is 18.2 Å². The van der Waals surface area contributed by atoms with Crippen LogP contribution in [0.1, 0.15) is 41.4 Å². The SMILES string of the molecule is CC(=O)N1CCc2cc(C(=O)NC(c3ccccc3)C(C)C(=O)O)ccc21. The number of nitrogens with zero attached hydrogens (tertiary/aromatic N) is 1. The molecule has 0 aromatic heterocycles. The van der Waals surface area contributed by atoms with Crippen LogP contribution in [0.25, 0.3) is 0 Å². The van der Waals surface area contributed by atoms with Crippen molar-refractivity contribution >= 4 is 23.5 Å². The Labute approximate surface area is 157 Å². The van der Waals surface area contributed by atoms with Crippen molar-refractivity contribution in [1.29, 1.82) is 0 Å². The number of benzene rings is 2. The average Bonchev–Trinajstić information content (AvgIpc) is 3.09. The third-order valence-corrected chi connectivity index (χ3v) is 4.95. The van der Waals surface area contributed by atoms with Gasteiger partial charge in [-0.05, 0) is 42.7 Å². The van der Waals surface area contributed by atoms with Crippen molar-refractivity contribution in [3.63, 3.8) is 0 Å². The number of aliphatic carboxylic acids is 1. The molecule has 27 heavy (non-hydrogen) atoms. The maximum atomic E-state index is 12.8. The van der Waals surface area contributed by atoms with Gasteiger partial charge in [0.25, 0.3) is 5.91 Å². The highest BCUT2D eigenvalue weighted by Crippen LogP contribution is 2.29. The average molecular weight is 366 g/mol. The van der Waals surface area contributed by atoms with Crippen LogP contribution in [0.4, 0.5) is 5.69 Å². The number of carbonyl (C=O) groups excluding carboxylic acids is 2. The van der Waals surface area contributed by atoms with Gasteiger partial charge in [-0.1, -0.05) is 30.3 Å². The molecule has 0 aliphatic carbocycles. The van der Waals surface area contributed by atoms with Crippen molar-refractivity contribution in [2.75, 3.05) is 11.4 Å². The van der Waals surface area contributed by atoms with Gasteiger partial charge < -0.3 is 15.3 Å². The Kier molecular flexibility index (Phi) is 5.26. The summed E-state index contributed by atoms with van der Waals surface area (Å²) in [6.45, 7) is 3.71. The highest BCUT2D eigenvalue weighted by atomic mass is 16.4. The molecule has 6 heteroatoms. The number of nitrogens with one attached hydrogen (secondary N) is 1. The Morgan fingerprint density at radius 2 is 1.81 bits per heavy atom. The summed E-state index contributed by atoms with van der Waals surface area (Å²) in [5.41, 5.74) is 2.97. The summed E-state index contributed by atoms with van der Waals surface area (Å²) in [6.07, 6.45) is 0.698. The highest BCUT2D eigenvalue weighted by molar-refractivity contribution is 5.98. The van der Waals surface area contributed by atoms with Gasteiger partial charge in [0.1, 0.15) is 0 Å². The molecule has 1 aliphatic heterocycles. The molecule has 2 N–H and O–H groups in total. The predicted molar refractivity (Wildman–Crippen MR) is 102 cm³/mol. The lowest BCUT2D eigenvalue weighted by molar-refractivity contribution is -0.142. The largest absolute Gasteiger partial charge is 0.481 e. The van der Waals surface area contributed by atoms with Crippen molar-refractivity contribution in [2.45, 2.75) is 26.3 Å². The third kappa shape index (κ3) is 3.84. The first-order chi connectivity index (χ1) is 12.9. The van der Waals surface area contributed by atoms with Crippen LogP contribution >= 0.6 is 0 Å². The number of carboxylic acid groups (broad SMARTS) is 1. The summed E-state index contributed by atoms with van der Waals surface area (Å²) >= 11 is 0. The van der Waals surface area contributed by atoms with Crippen LogP contribution < -0.4 is 10.2 Å². The molecular formula is C21H22N2O4. The van der Waals surface area contributed by atoms with Gasteiger partial charge in [0, 0.05) is 24.7 Å². The Morgan fingerprint density at radius 3 is 2.44 bits per heavy atom. The lowest BCUT2D eigenvalue weighted by atomic mass is 9.94. The second kappa shape index (κ2) is 7.61. The number of amides is 2. The summed E-state index contributed by atoms with van der Waals surface area (Å²) in [5.74, 6) is -2.11. The minimum atomic E-state index is -0.977. The maximum Gasteiger partial charge on any atom is 0.308 e. The smallest absolute Gasteiger partial charge is 0.308 e. The van der Waals surface area contributed by atoms with E-state index >= 15 is 0 Å². The second-order valence-corrected chi connectivity index (χ2v) is 6.75. The third-order valence-electron chi connectivity index (χ3n) is 4.95. The van der Waals surface area contributed by atoms with Crippen molar-refractivity contribution in [1.82, 2.24) is 5.32 Å². The normalized spacial score (nSPS) is 15.0. The summed E-state index contributed by atoms with van der Waals surface area (Å²) < 4.78 is 0. The van der Waals surface area contributed by atoms with Crippen molar-refractivity contribution in [3.8, 4) is 0 Å². The van der Waals surface area contributed by atoms with E-state index in [2.05, 4.69) is 5.32 Å². The van der Waals surface area contributed by atoms with E-state index in [0.717, 1.165) is 16.8 Å². The number of hydrogen-bond acceptors (Lipinski definition) is 3. The van der Waals surface area contributed by atoms with Crippen LogP contribution in [-0.2, 0) is 16.0 Å². The maximum absolute atomic E-state index is 12.8. The molecule has 0 fully saturated rings. The van der Waals surface area contributed by atoms with Gasteiger partial charge in [0.05, 0.1) is 12.0 Å². The quantitative estimate of drug-likeness (QED) is 0.852. The first-order valence-electron chi connectivity index (χ1n) is 8.88. The first-order valence-corrected chi connectivity index (χ1v) is 8.88. The molecule has 140 valence electrons. The lowest BCUT2D eigenvalue weighted by Gasteiger charge is -2.23. The number of carbonyl (C=O) groups is 3. The predicted octanol–water partition coefficient (Wildman–Crippen LogP) is 2.79. The molecule has 0 saturated carbocycles. The van der Waals surface area contributed by atoms with E-state index in [1.54, 1.807) is 42.2 Å². The number of carboxylic acids is 1. The zero-order valence-corrected chi connectivity index (χ0v) is 15.3. The van der Waals surface area contributed by atoms with E-state index in [0.29, 0.717) is 18.5 Å². The molecule has 0 bridgehead atoms. The van der Waals surface area contributed by atoms with Gasteiger partial charge in [-0.3, -0.25) is 14.4 Å². The van der Waals surface area contributed by atoms with Gasteiger partial charge in [0.15, 0.2) is 0 Å². The summed E-state index contributed by atoms with van der Waals surface area (Å²) in [7, 11) is 0. The number of fused-ring (bicyclic) bond motifs is 1. The summed E-state index contributed by atoms with van der Waals surface area (Å²) in [6, 6.07) is 13.7. The van der Waals surface area contributed by atoms with Crippen LogP contribution in [0.15, 0.2) is 48.5 Å². The fourth-order valence-corrected chi connectivity index (χ4v) is 3.39. The molecule has 1 aliphatic rings. The van der Waals surface area contributed by atoms with Crippen molar-refractivity contribution < 1.29 is 19.5 Å². The molecule has 2 aromatic carbocycles. The highest BCUT2D eigenvalue weighted by Gasteiger charge is 2.28. The molecule has 2 aromatic rings. The van der Waals surface area contributed by atoms with E-state index < -0.39 is 17.9 Å². The Morgan fingerprint density at radius 1 is 1.11 bits per heavy atom. The second-order valence-electron chi connectivity index (χ2n) is 6.75. The van der Waals surface area contributed by atoms with Crippen molar-refractivity contribution in [2.24, 2.45) is 5.92 Å². The van der Waals surface area contributed by atoms with E-state index in [4.69, 9.17) is 0 Å². The number of hydrogen-bond donors (Lipinski definition) is 2.